The number of hydrogen-bond acceptors (Lipinski definition) is 5. The first-order chi connectivity index (χ1) is 16.6. The largest absolute Gasteiger partial charge is 0.463 e. The first kappa shape index (κ1) is 22.2. The molecular formula is C28H23NO4S. The van der Waals surface area contributed by atoms with Crippen molar-refractivity contribution in [3.05, 3.63) is 119 Å². The van der Waals surface area contributed by atoms with Gasteiger partial charge in [-0.1, -0.05) is 91.0 Å². The number of nitrogens with zero attached hydrogens (tertiary/aromatic N) is 1. The summed E-state index contributed by atoms with van der Waals surface area (Å²) in [4.78, 5) is 41.1. The Kier molecular flexibility index (Phi) is 5.62. The highest BCUT2D eigenvalue weighted by molar-refractivity contribution is 8.01. The Morgan fingerprint density at radius 3 is 1.94 bits per heavy atom. The van der Waals surface area contributed by atoms with Crippen LogP contribution in [0.3, 0.4) is 0 Å². The molecule has 6 heteroatoms. The van der Waals surface area contributed by atoms with Crippen molar-refractivity contribution in [1.82, 2.24) is 4.90 Å². The van der Waals surface area contributed by atoms with Gasteiger partial charge in [-0.2, -0.15) is 0 Å². The number of Topliss-reactive ketones (excluding diaryl/α,β-unsaturated/α-hetero) is 1. The number of ether oxygens (including phenoxy) is 1. The van der Waals surface area contributed by atoms with Gasteiger partial charge in [0.1, 0.15) is 5.41 Å². The molecule has 1 saturated heterocycles. The highest BCUT2D eigenvalue weighted by atomic mass is 32.2. The predicted molar refractivity (Wildman–Crippen MR) is 131 cm³/mol. The van der Waals surface area contributed by atoms with Crippen LogP contribution in [0.15, 0.2) is 103 Å². The van der Waals surface area contributed by atoms with Crippen LogP contribution >= 0.6 is 11.8 Å². The maximum atomic E-state index is 14.3. The zero-order chi connectivity index (χ0) is 23.8. The third-order valence-corrected chi connectivity index (χ3v) is 7.97. The Labute approximate surface area is 202 Å². The number of benzene rings is 3. The number of carbonyl (C=O) groups excluding carboxylic acids is 3. The van der Waals surface area contributed by atoms with Gasteiger partial charge < -0.3 is 4.74 Å². The Hall–Kier alpha value is -3.64. The van der Waals surface area contributed by atoms with Gasteiger partial charge in [0.15, 0.2) is 4.87 Å². The average Bonchev–Trinajstić information content (AvgIpc) is 2.90. The summed E-state index contributed by atoms with van der Waals surface area (Å²) >= 11 is 1.31. The van der Waals surface area contributed by atoms with E-state index < -0.39 is 16.3 Å². The van der Waals surface area contributed by atoms with Crippen molar-refractivity contribution in [1.29, 1.82) is 0 Å². The number of rotatable bonds is 6. The zero-order valence-corrected chi connectivity index (χ0v) is 19.5. The van der Waals surface area contributed by atoms with Crippen LogP contribution in [-0.4, -0.2) is 39.8 Å². The molecule has 1 fully saturated rings. The van der Waals surface area contributed by atoms with E-state index in [4.69, 9.17) is 4.74 Å². The smallest absolute Gasteiger partial charge is 0.336 e. The van der Waals surface area contributed by atoms with Gasteiger partial charge in [0, 0.05) is 17.5 Å². The molecule has 5 rings (SSSR count). The molecule has 170 valence electrons. The van der Waals surface area contributed by atoms with Gasteiger partial charge in [0.05, 0.1) is 12.2 Å². The van der Waals surface area contributed by atoms with Crippen LogP contribution in [0.1, 0.15) is 28.4 Å². The van der Waals surface area contributed by atoms with Gasteiger partial charge in [-0.25, -0.2) is 4.79 Å². The van der Waals surface area contributed by atoms with Gasteiger partial charge in [-0.3, -0.25) is 14.5 Å². The number of hydrogen-bond donors (Lipinski definition) is 0. The Morgan fingerprint density at radius 2 is 1.41 bits per heavy atom. The maximum absolute atomic E-state index is 14.3. The molecule has 0 bridgehead atoms. The van der Waals surface area contributed by atoms with E-state index in [-0.39, 0.29) is 24.1 Å². The van der Waals surface area contributed by atoms with Crippen LogP contribution in [0.5, 0.6) is 0 Å². The van der Waals surface area contributed by atoms with Gasteiger partial charge >= 0.3 is 5.97 Å². The normalized spacial score (nSPS) is 20.6. The third-order valence-electron chi connectivity index (χ3n) is 6.40. The SMILES string of the molecule is CCOC(=O)C1=CN2C(=O)C(c3ccccc3)(c3ccccc3)C2(C(=O)c2ccccc2)SC1. The van der Waals surface area contributed by atoms with E-state index in [1.54, 1.807) is 19.1 Å². The summed E-state index contributed by atoms with van der Waals surface area (Å²) in [6, 6.07) is 27.9. The van der Waals surface area contributed by atoms with Crippen molar-refractivity contribution >= 4 is 29.4 Å². The van der Waals surface area contributed by atoms with Crippen molar-refractivity contribution < 1.29 is 19.1 Å². The van der Waals surface area contributed by atoms with E-state index in [0.29, 0.717) is 11.1 Å². The molecule has 3 aromatic rings. The summed E-state index contributed by atoms with van der Waals surface area (Å²) in [7, 11) is 0. The second-order valence-corrected chi connectivity index (χ2v) is 9.33. The molecule has 2 aliphatic heterocycles. The molecule has 0 N–H and O–H groups in total. The van der Waals surface area contributed by atoms with Crippen molar-refractivity contribution in [2.75, 3.05) is 12.4 Å². The number of ketones is 1. The Bertz CT molecular complexity index is 1230. The van der Waals surface area contributed by atoms with Crippen LogP contribution < -0.4 is 0 Å². The molecule has 2 heterocycles. The van der Waals surface area contributed by atoms with Crippen LogP contribution in [0.4, 0.5) is 0 Å². The average molecular weight is 470 g/mol. The molecule has 0 saturated carbocycles. The van der Waals surface area contributed by atoms with Crippen LogP contribution in [0, 0.1) is 0 Å². The number of fused-ring (bicyclic) bond motifs is 1. The fraction of sp³-hybridized carbons (Fsp3) is 0.179. The minimum absolute atomic E-state index is 0.176. The van der Waals surface area contributed by atoms with Gasteiger partial charge in [-0.05, 0) is 18.1 Å². The zero-order valence-electron chi connectivity index (χ0n) is 18.6. The van der Waals surface area contributed by atoms with E-state index >= 15 is 0 Å². The standard InChI is InChI=1S/C28H23NO4S/c1-2-33-25(31)21-18-29-26(32)27(22-14-8-4-9-15-22,23-16-10-5-11-17-23)28(29,34-19-21)24(30)20-12-6-3-7-13-20/h3-18H,2,19H2,1H3. The lowest BCUT2D eigenvalue weighted by Gasteiger charge is -2.63. The molecule has 1 atom stereocenters. The number of β-lactam (4-membered cyclic amide) rings is 1. The molecule has 0 spiro atoms. The lowest BCUT2D eigenvalue weighted by molar-refractivity contribution is -0.152. The minimum atomic E-state index is -1.29. The van der Waals surface area contributed by atoms with Crippen molar-refractivity contribution in [3.63, 3.8) is 0 Å². The Balaban J connectivity index is 1.78. The molecule has 0 aliphatic carbocycles. The minimum Gasteiger partial charge on any atom is -0.463 e. The van der Waals surface area contributed by atoms with Crippen LogP contribution in [0.25, 0.3) is 0 Å². The molecule has 1 unspecified atom stereocenters. The quantitative estimate of drug-likeness (QED) is 0.300. The number of amides is 1. The maximum Gasteiger partial charge on any atom is 0.336 e. The second kappa shape index (κ2) is 8.61. The fourth-order valence-electron chi connectivity index (χ4n) is 4.95. The van der Waals surface area contributed by atoms with Crippen molar-refractivity contribution in [3.8, 4) is 0 Å². The number of carbonyl (C=O) groups is 3. The van der Waals surface area contributed by atoms with Gasteiger partial charge in [-0.15, -0.1) is 11.8 Å². The summed E-state index contributed by atoms with van der Waals surface area (Å²) in [5, 5.41) is 0. The van der Waals surface area contributed by atoms with E-state index in [9.17, 15) is 14.4 Å². The van der Waals surface area contributed by atoms with E-state index in [2.05, 4.69) is 0 Å². The summed E-state index contributed by atoms with van der Waals surface area (Å²) < 4.78 is 5.18. The summed E-state index contributed by atoms with van der Waals surface area (Å²) in [6.45, 7) is 1.98. The lowest BCUT2D eigenvalue weighted by atomic mass is 9.59. The van der Waals surface area contributed by atoms with Crippen molar-refractivity contribution in [2.45, 2.75) is 17.2 Å². The molecule has 2 aliphatic rings. The van der Waals surface area contributed by atoms with E-state index in [1.165, 1.54) is 22.9 Å². The topological polar surface area (TPSA) is 63.7 Å². The first-order valence-electron chi connectivity index (χ1n) is 11.1. The highest BCUT2D eigenvalue weighted by Crippen LogP contribution is 2.63. The van der Waals surface area contributed by atoms with E-state index in [0.717, 1.165) is 11.1 Å². The number of esters is 1. The third kappa shape index (κ3) is 2.98. The number of thioether (sulfide) groups is 1. The fourth-order valence-corrected chi connectivity index (χ4v) is 6.57. The first-order valence-corrected chi connectivity index (χ1v) is 12.1. The van der Waals surface area contributed by atoms with Gasteiger partial charge in [0.25, 0.3) is 0 Å². The molecule has 5 nitrogen and oxygen atoms in total. The molecule has 1 amide bonds. The second-order valence-electron chi connectivity index (χ2n) is 8.16. The lowest BCUT2D eigenvalue weighted by Crippen LogP contribution is -2.81. The highest BCUT2D eigenvalue weighted by Gasteiger charge is 2.77. The molecular weight excluding hydrogens is 446 g/mol. The molecule has 0 radical (unpaired) electrons. The van der Waals surface area contributed by atoms with Gasteiger partial charge in [0.2, 0.25) is 11.7 Å². The molecule has 34 heavy (non-hydrogen) atoms. The van der Waals surface area contributed by atoms with Crippen LogP contribution in [0.2, 0.25) is 0 Å². The van der Waals surface area contributed by atoms with Crippen molar-refractivity contribution in [2.24, 2.45) is 0 Å². The van der Waals surface area contributed by atoms with Crippen LogP contribution in [-0.2, 0) is 19.7 Å². The Morgan fingerprint density at radius 1 is 0.882 bits per heavy atom. The summed E-state index contributed by atoms with van der Waals surface area (Å²) in [5.41, 5.74) is 1.12. The molecule has 3 aromatic carbocycles. The summed E-state index contributed by atoms with van der Waals surface area (Å²) in [6.07, 6.45) is 1.52. The predicted octanol–water partition coefficient (Wildman–Crippen LogP) is 4.59. The van der Waals surface area contributed by atoms with E-state index in [1.807, 2.05) is 78.9 Å². The monoisotopic (exact) mass is 469 g/mol. The summed E-state index contributed by atoms with van der Waals surface area (Å²) in [5.74, 6) is -0.643. The molecule has 0 aromatic heterocycles.